The van der Waals surface area contributed by atoms with Crippen LogP contribution in [0, 0.1) is 0 Å². The third kappa shape index (κ3) is 4.35. The van der Waals surface area contributed by atoms with Gasteiger partial charge in [0.1, 0.15) is 17.1 Å². The highest BCUT2D eigenvalue weighted by Gasteiger charge is 2.34. The Balaban J connectivity index is 1.77. The van der Waals surface area contributed by atoms with Gasteiger partial charge in [-0.05, 0) is 62.5 Å². The quantitative estimate of drug-likeness (QED) is 0.743. The van der Waals surface area contributed by atoms with Gasteiger partial charge in [0.25, 0.3) is 0 Å². The number of fused-ring (bicyclic) bond motifs is 1. The van der Waals surface area contributed by atoms with E-state index in [1.54, 1.807) is 7.11 Å². The van der Waals surface area contributed by atoms with Crippen molar-refractivity contribution in [1.82, 2.24) is 5.32 Å². The Hall–Kier alpha value is -1.98. The van der Waals surface area contributed by atoms with Gasteiger partial charge in [0.15, 0.2) is 5.11 Å². The summed E-state index contributed by atoms with van der Waals surface area (Å²) in [5, 5.41) is 7.85. The molecule has 2 N–H and O–H groups in total. The maximum Gasteiger partial charge on any atom is 0.171 e. The van der Waals surface area contributed by atoms with Crippen molar-refractivity contribution in [3.8, 4) is 11.5 Å². The van der Waals surface area contributed by atoms with Crippen LogP contribution >= 0.6 is 23.8 Å². The summed E-state index contributed by atoms with van der Waals surface area (Å²) in [6, 6.07) is 13.4. The minimum Gasteiger partial charge on any atom is -0.497 e. The summed E-state index contributed by atoms with van der Waals surface area (Å²) < 4.78 is 11.4. The molecule has 2 aromatic rings. The van der Waals surface area contributed by atoms with E-state index in [1.165, 1.54) is 0 Å². The highest BCUT2D eigenvalue weighted by atomic mass is 35.5. The third-order valence-corrected chi connectivity index (χ3v) is 4.56. The lowest BCUT2D eigenvalue weighted by Gasteiger charge is -2.38. The van der Waals surface area contributed by atoms with Crippen LogP contribution in [0.5, 0.6) is 11.5 Å². The summed E-state index contributed by atoms with van der Waals surface area (Å²) >= 11 is 11.4. The number of halogens is 1. The van der Waals surface area contributed by atoms with E-state index in [0.29, 0.717) is 10.1 Å². The first-order valence-corrected chi connectivity index (χ1v) is 8.85. The molecule has 1 aliphatic heterocycles. The van der Waals surface area contributed by atoms with Crippen LogP contribution < -0.4 is 20.1 Å². The topological polar surface area (TPSA) is 42.5 Å². The monoisotopic (exact) mass is 376 g/mol. The van der Waals surface area contributed by atoms with Crippen molar-refractivity contribution in [2.45, 2.75) is 31.9 Å². The van der Waals surface area contributed by atoms with E-state index in [2.05, 4.69) is 24.5 Å². The van der Waals surface area contributed by atoms with Crippen LogP contribution in [-0.4, -0.2) is 17.8 Å². The maximum atomic E-state index is 6.11. The molecule has 0 aromatic heterocycles. The van der Waals surface area contributed by atoms with E-state index < -0.39 is 0 Å². The number of nitrogens with one attached hydrogen (secondary N) is 2. The highest BCUT2D eigenvalue weighted by molar-refractivity contribution is 7.80. The van der Waals surface area contributed by atoms with E-state index in [-0.39, 0.29) is 11.6 Å². The number of anilines is 1. The Morgan fingerprint density at radius 3 is 2.64 bits per heavy atom. The van der Waals surface area contributed by atoms with Gasteiger partial charge < -0.3 is 20.1 Å². The first-order chi connectivity index (χ1) is 11.9. The number of ether oxygens (including phenoxy) is 2. The molecule has 4 nitrogen and oxygen atoms in total. The van der Waals surface area contributed by atoms with Crippen LogP contribution in [-0.2, 0) is 0 Å². The van der Waals surface area contributed by atoms with Gasteiger partial charge >= 0.3 is 0 Å². The van der Waals surface area contributed by atoms with Gasteiger partial charge in [0.2, 0.25) is 0 Å². The SMILES string of the molecule is COc1ccc2c(c1)OC(C)(C)C[C@@H]2NC(=S)Nc1ccc(Cl)cc1. The van der Waals surface area contributed by atoms with Crippen LogP contribution in [0.1, 0.15) is 31.9 Å². The summed E-state index contributed by atoms with van der Waals surface area (Å²) in [4.78, 5) is 0. The second kappa shape index (κ2) is 7.10. The third-order valence-electron chi connectivity index (χ3n) is 4.09. The van der Waals surface area contributed by atoms with Gasteiger partial charge in [-0.25, -0.2) is 0 Å². The lowest BCUT2D eigenvalue weighted by atomic mass is 9.89. The zero-order valence-electron chi connectivity index (χ0n) is 14.4. The molecule has 0 saturated heterocycles. The van der Waals surface area contributed by atoms with Gasteiger partial charge in [0.05, 0.1) is 13.2 Å². The molecule has 25 heavy (non-hydrogen) atoms. The van der Waals surface area contributed by atoms with E-state index in [0.717, 1.165) is 29.2 Å². The van der Waals surface area contributed by atoms with Crippen molar-refractivity contribution >= 4 is 34.6 Å². The molecule has 1 heterocycles. The predicted molar refractivity (Wildman–Crippen MR) is 106 cm³/mol. The van der Waals surface area contributed by atoms with Crippen LogP contribution in [0.3, 0.4) is 0 Å². The molecule has 0 bridgehead atoms. The summed E-state index contributed by atoms with van der Waals surface area (Å²) in [6.07, 6.45) is 0.800. The molecule has 0 unspecified atom stereocenters. The second-order valence-corrected chi connectivity index (χ2v) is 7.47. The fraction of sp³-hybridized carbons (Fsp3) is 0.316. The second-order valence-electron chi connectivity index (χ2n) is 6.63. The fourth-order valence-electron chi connectivity index (χ4n) is 2.95. The number of thiocarbonyl (C=S) groups is 1. The lowest BCUT2D eigenvalue weighted by Crippen LogP contribution is -2.42. The smallest absolute Gasteiger partial charge is 0.171 e. The first kappa shape index (κ1) is 17.8. The molecule has 3 rings (SSSR count). The standard InChI is InChI=1S/C19H21ClN2O2S/c1-19(2)11-16(15-9-8-14(23-3)10-17(15)24-19)22-18(25)21-13-6-4-12(20)5-7-13/h4-10,16H,11H2,1-3H3,(H2,21,22,25)/t16-/m0/s1. The predicted octanol–water partition coefficient (Wildman–Crippen LogP) is 4.94. The number of methoxy groups -OCH3 is 1. The molecular weight excluding hydrogens is 356 g/mol. The Labute approximate surface area is 158 Å². The molecule has 6 heteroatoms. The van der Waals surface area contributed by atoms with Crippen molar-refractivity contribution < 1.29 is 9.47 Å². The van der Waals surface area contributed by atoms with Gasteiger partial charge in [0, 0.05) is 28.8 Å². The van der Waals surface area contributed by atoms with Gasteiger partial charge in [-0.3, -0.25) is 0 Å². The van der Waals surface area contributed by atoms with Crippen LogP contribution in [0.25, 0.3) is 0 Å². The minimum atomic E-state index is -0.299. The van der Waals surface area contributed by atoms with Crippen molar-refractivity contribution in [2.75, 3.05) is 12.4 Å². The van der Waals surface area contributed by atoms with E-state index in [1.807, 2.05) is 42.5 Å². The van der Waals surface area contributed by atoms with Crippen LogP contribution in [0.4, 0.5) is 5.69 Å². The molecule has 0 aliphatic carbocycles. The normalized spacial score (nSPS) is 17.8. The Morgan fingerprint density at radius 2 is 1.96 bits per heavy atom. The van der Waals surface area contributed by atoms with Gasteiger partial charge in [-0.1, -0.05) is 11.6 Å². The van der Waals surface area contributed by atoms with Crippen molar-refractivity contribution in [3.63, 3.8) is 0 Å². The van der Waals surface area contributed by atoms with Crippen molar-refractivity contribution in [2.24, 2.45) is 0 Å². The Kier molecular flexibility index (Phi) is 5.06. The highest BCUT2D eigenvalue weighted by Crippen LogP contribution is 2.41. The molecule has 0 amide bonds. The zero-order valence-corrected chi connectivity index (χ0v) is 16.0. The molecule has 132 valence electrons. The van der Waals surface area contributed by atoms with Crippen molar-refractivity contribution in [3.05, 3.63) is 53.1 Å². The average molecular weight is 377 g/mol. The Morgan fingerprint density at radius 1 is 1.24 bits per heavy atom. The van der Waals surface area contributed by atoms with Crippen LogP contribution in [0.15, 0.2) is 42.5 Å². The number of hydrogen-bond donors (Lipinski definition) is 2. The number of rotatable bonds is 3. The fourth-order valence-corrected chi connectivity index (χ4v) is 3.33. The minimum absolute atomic E-state index is 0.0527. The largest absolute Gasteiger partial charge is 0.497 e. The lowest BCUT2D eigenvalue weighted by molar-refractivity contribution is 0.0693. The number of hydrogen-bond acceptors (Lipinski definition) is 3. The average Bonchev–Trinajstić information content (AvgIpc) is 2.55. The van der Waals surface area contributed by atoms with Crippen LogP contribution in [0.2, 0.25) is 5.02 Å². The summed E-state index contributed by atoms with van der Waals surface area (Å²) in [6.45, 7) is 4.14. The molecule has 1 aliphatic rings. The Bertz CT molecular complexity index is 777. The molecule has 2 aromatic carbocycles. The maximum absolute atomic E-state index is 6.11. The summed E-state index contributed by atoms with van der Waals surface area (Å²) in [5.74, 6) is 1.60. The van der Waals surface area contributed by atoms with Gasteiger partial charge in [-0.2, -0.15) is 0 Å². The first-order valence-electron chi connectivity index (χ1n) is 8.06. The summed E-state index contributed by atoms with van der Waals surface area (Å²) in [7, 11) is 1.65. The molecule has 0 saturated carbocycles. The van der Waals surface area contributed by atoms with Crippen molar-refractivity contribution in [1.29, 1.82) is 0 Å². The van der Waals surface area contributed by atoms with E-state index in [4.69, 9.17) is 33.3 Å². The van der Waals surface area contributed by atoms with Gasteiger partial charge in [-0.15, -0.1) is 0 Å². The van der Waals surface area contributed by atoms with E-state index in [9.17, 15) is 0 Å². The number of benzene rings is 2. The molecule has 0 spiro atoms. The molecule has 0 fully saturated rings. The zero-order chi connectivity index (χ0) is 18.0. The van der Waals surface area contributed by atoms with E-state index >= 15 is 0 Å². The summed E-state index contributed by atoms with van der Waals surface area (Å²) in [5.41, 5.74) is 1.66. The molecular formula is C19H21ClN2O2S. The molecule has 0 radical (unpaired) electrons. The molecule has 1 atom stereocenters.